The molecule has 0 amide bonds. The Bertz CT molecular complexity index is 1060. The molecule has 0 N–H and O–H groups in total. The summed E-state index contributed by atoms with van der Waals surface area (Å²) in [6, 6.07) is 5.17. The van der Waals surface area contributed by atoms with Crippen LogP contribution in [0.3, 0.4) is 0 Å². The molecule has 0 saturated carbocycles. The summed E-state index contributed by atoms with van der Waals surface area (Å²) in [6.45, 7) is 4.28. The van der Waals surface area contributed by atoms with Crippen LogP contribution in [0, 0.1) is 5.95 Å². The molecule has 1 unspecified atom stereocenters. The molecule has 0 aliphatic carbocycles. The Hall–Kier alpha value is -3.20. The Balaban J connectivity index is 1.41. The van der Waals surface area contributed by atoms with Crippen LogP contribution in [0.1, 0.15) is 24.2 Å². The van der Waals surface area contributed by atoms with Crippen molar-refractivity contribution >= 4 is 11.5 Å². The van der Waals surface area contributed by atoms with E-state index in [-0.39, 0.29) is 12.1 Å². The van der Waals surface area contributed by atoms with Crippen LogP contribution in [0.25, 0.3) is 11.6 Å². The second kappa shape index (κ2) is 7.56. The highest BCUT2D eigenvalue weighted by Gasteiger charge is 2.30. The highest BCUT2D eigenvalue weighted by molar-refractivity contribution is 5.58. The summed E-state index contributed by atoms with van der Waals surface area (Å²) in [5.74, 6) is 1.18. The second-order valence-electron chi connectivity index (χ2n) is 7.56. The van der Waals surface area contributed by atoms with Crippen LogP contribution < -0.4 is 9.80 Å². The van der Waals surface area contributed by atoms with Crippen molar-refractivity contribution in [1.29, 1.82) is 0 Å². The summed E-state index contributed by atoms with van der Waals surface area (Å²) in [4.78, 5) is 26.0. The molecule has 154 valence electrons. The number of rotatable bonds is 4. The van der Waals surface area contributed by atoms with Crippen LogP contribution in [0.15, 0.2) is 36.8 Å². The molecule has 8 nitrogen and oxygen atoms in total. The Morgan fingerprint density at radius 1 is 1.07 bits per heavy atom. The third kappa shape index (κ3) is 3.35. The third-order valence-electron chi connectivity index (χ3n) is 5.78. The molecule has 0 aromatic carbocycles. The molecule has 3 aromatic heterocycles. The minimum Gasteiger partial charge on any atom is -0.378 e. The van der Waals surface area contributed by atoms with E-state index in [2.05, 4.69) is 41.6 Å². The lowest BCUT2D eigenvalue weighted by Gasteiger charge is -2.41. The Labute approximate surface area is 173 Å². The minimum absolute atomic E-state index is 0.0234. The Morgan fingerprint density at radius 2 is 1.87 bits per heavy atom. The van der Waals surface area contributed by atoms with Crippen LogP contribution in [0.2, 0.25) is 0 Å². The normalized spacial score (nSPS) is 18.8. The lowest BCUT2D eigenvalue weighted by atomic mass is 9.99. The van der Waals surface area contributed by atoms with Gasteiger partial charge in [0, 0.05) is 75.1 Å². The van der Waals surface area contributed by atoms with Crippen LogP contribution in [0.4, 0.5) is 15.9 Å². The van der Waals surface area contributed by atoms with E-state index in [9.17, 15) is 4.39 Å². The van der Waals surface area contributed by atoms with Crippen molar-refractivity contribution in [3.63, 3.8) is 0 Å². The molecular formula is C21H22FN7O. The molecule has 0 radical (unpaired) electrons. The topological polar surface area (TPSA) is 80.2 Å². The number of hydrogen-bond acceptors (Lipinski definition) is 8. The zero-order valence-electron chi connectivity index (χ0n) is 16.9. The van der Waals surface area contributed by atoms with Crippen molar-refractivity contribution < 1.29 is 9.13 Å². The van der Waals surface area contributed by atoms with E-state index in [1.165, 1.54) is 6.07 Å². The van der Waals surface area contributed by atoms with Crippen molar-refractivity contribution in [3.8, 4) is 11.6 Å². The number of hydrogen-bond donors (Lipinski definition) is 0. The van der Waals surface area contributed by atoms with Gasteiger partial charge in [0.15, 0.2) is 11.6 Å². The van der Waals surface area contributed by atoms with Gasteiger partial charge in [-0.05, 0) is 13.0 Å². The maximum atomic E-state index is 14.3. The summed E-state index contributed by atoms with van der Waals surface area (Å²) in [6.07, 6.45) is 6.09. The minimum atomic E-state index is -0.478. The molecule has 5 rings (SSSR count). The van der Waals surface area contributed by atoms with Crippen LogP contribution in [0.5, 0.6) is 0 Å². The monoisotopic (exact) mass is 407 g/mol. The van der Waals surface area contributed by atoms with Crippen LogP contribution in [-0.4, -0.2) is 57.8 Å². The number of fused-ring (bicyclic) bond motifs is 1. The molecule has 3 aromatic rings. The lowest BCUT2D eigenvalue weighted by Crippen LogP contribution is -2.52. The third-order valence-corrected chi connectivity index (χ3v) is 5.78. The molecule has 1 saturated heterocycles. The van der Waals surface area contributed by atoms with E-state index in [1.807, 2.05) is 12.3 Å². The highest BCUT2D eigenvalue weighted by Crippen LogP contribution is 2.34. The zero-order chi connectivity index (χ0) is 20.7. The van der Waals surface area contributed by atoms with Crippen LogP contribution >= 0.6 is 0 Å². The van der Waals surface area contributed by atoms with Crippen molar-refractivity contribution in [1.82, 2.24) is 24.9 Å². The van der Waals surface area contributed by atoms with Gasteiger partial charge in [-0.2, -0.15) is 4.39 Å². The first-order chi connectivity index (χ1) is 14.6. The van der Waals surface area contributed by atoms with Crippen molar-refractivity contribution in [2.75, 3.05) is 36.5 Å². The number of aromatic nitrogens is 5. The van der Waals surface area contributed by atoms with E-state index in [0.717, 1.165) is 30.0 Å². The van der Waals surface area contributed by atoms with Crippen molar-refractivity contribution in [3.05, 3.63) is 54.0 Å². The van der Waals surface area contributed by atoms with Gasteiger partial charge in [-0.1, -0.05) is 0 Å². The smallest absolute Gasteiger partial charge is 0.216 e. The van der Waals surface area contributed by atoms with Gasteiger partial charge in [-0.3, -0.25) is 0 Å². The number of ether oxygens (including phenoxy) is 1. The molecule has 0 bridgehead atoms. The molecule has 5 heterocycles. The number of nitrogens with zero attached hydrogens (tertiary/aromatic N) is 7. The molecule has 1 atom stereocenters. The van der Waals surface area contributed by atoms with E-state index in [4.69, 9.17) is 4.74 Å². The van der Waals surface area contributed by atoms with E-state index < -0.39 is 5.95 Å². The molecule has 2 aliphatic heterocycles. The average Bonchev–Trinajstić information content (AvgIpc) is 2.73. The predicted molar refractivity (Wildman–Crippen MR) is 110 cm³/mol. The quantitative estimate of drug-likeness (QED) is 0.610. The van der Waals surface area contributed by atoms with Gasteiger partial charge in [-0.25, -0.2) is 24.9 Å². The van der Waals surface area contributed by atoms with Crippen molar-refractivity contribution in [2.24, 2.45) is 0 Å². The van der Waals surface area contributed by atoms with E-state index in [0.29, 0.717) is 30.4 Å². The number of pyridine rings is 1. The van der Waals surface area contributed by atoms with Gasteiger partial charge in [-0.15, -0.1) is 0 Å². The molecule has 9 heteroatoms. The van der Waals surface area contributed by atoms with E-state index >= 15 is 0 Å². The summed E-state index contributed by atoms with van der Waals surface area (Å²) >= 11 is 0. The van der Waals surface area contributed by atoms with Gasteiger partial charge in [0.1, 0.15) is 5.82 Å². The second-order valence-corrected chi connectivity index (χ2v) is 7.56. The SMILES string of the molecule is COC1CN(c2cc(F)nc(N3CCc4nc(-c5ncccn5)ncc4C3C)c2)C1. The first-order valence-corrected chi connectivity index (χ1v) is 9.97. The molecular weight excluding hydrogens is 385 g/mol. The fourth-order valence-electron chi connectivity index (χ4n) is 4.00. The van der Waals surface area contributed by atoms with Crippen molar-refractivity contribution in [2.45, 2.75) is 25.5 Å². The molecule has 0 spiro atoms. The summed E-state index contributed by atoms with van der Waals surface area (Å²) in [5, 5.41) is 0. The fraction of sp³-hybridized carbons (Fsp3) is 0.381. The molecule has 1 fully saturated rings. The maximum Gasteiger partial charge on any atom is 0.216 e. The first-order valence-electron chi connectivity index (χ1n) is 9.97. The fourth-order valence-corrected chi connectivity index (χ4v) is 4.00. The highest BCUT2D eigenvalue weighted by atomic mass is 19.1. The predicted octanol–water partition coefficient (Wildman–Crippen LogP) is 2.43. The van der Waals surface area contributed by atoms with Gasteiger partial charge in [0.05, 0.1) is 17.8 Å². The Kier molecular flexibility index (Phi) is 4.74. The van der Waals surface area contributed by atoms with Gasteiger partial charge < -0.3 is 14.5 Å². The standard InChI is InChI=1S/C21H22FN7O/c1-13-16-10-25-21(20-23-5-3-6-24-20)26-17(16)4-7-29(13)19-9-14(8-18(22)27-19)28-11-15(12-28)30-2/h3,5-6,8-10,13,15H,4,7,11-12H2,1-2H3. The van der Waals surface area contributed by atoms with Gasteiger partial charge in [0.25, 0.3) is 0 Å². The zero-order valence-corrected chi connectivity index (χ0v) is 16.9. The van der Waals surface area contributed by atoms with Crippen LogP contribution in [-0.2, 0) is 11.2 Å². The van der Waals surface area contributed by atoms with Gasteiger partial charge in [0.2, 0.25) is 5.95 Å². The largest absolute Gasteiger partial charge is 0.378 e. The Morgan fingerprint density at radius 3 is 2.63 bits per heavy atom. The number of halogens is 1. The number of anilines is 2. The lowest BCUT2D eigenvalue weighted by molar-refractivity contribution is 0.0787. The summed E-state index contributed by atoms with van der Waals surface area (Å²) < 4.78 is 19.6. The van der Waals surface area contributed by atoms with E-state index in [1.54, 1.807) is 25.6 Å². The first kappa shape index (κ1) is 18.8. The van der Waals surface area contributed by atoms with Gasteiger partial charge >= 0.3 is 0 Å². The molecule has 30 heavy (non-hydrogen) atoms. The maximum absolute atomic E-state index is 14.3. The summed E-state index contributed by atoms with van der Waals surface area (Å²) in [7, 11) is 1.70. The number of methoxy groups -OCH3 is 1. The molecule has 2 aliphatic rings. The average molecular weight is 407 g/mol. The summed E-state index contributed by atoms with van der Waals surface area (Å²) in [5.41, 5.74) is 2.81.